The molecule has 1 amide bonds. The van der Waals surface area contributed by atoms with Crippen molar-refractivity contribution in [1.29, 1.82) is 0 Å². The number of unbranched alkanes of at least 4 members (excludes halogenated alkanes) is 1. The van der Waals surface area contributed by atoms with Gasteiger partial charge < -0.3 is 4.90 Å². The van der Waals surface area contributed by atoms with E-state index in [1.165, 1.54) is 16.9 Å². The predicted molar refractivity (Wildman–Crippen MR) is 98.7 cm³/mol. The van der Waals surface area contributed by atoms with Crippen molar-refractivity contribution in [3.63, 3.8) is 0 Å². The third-order valence-corrected chi connectivity index (χ3v) is 5.42. The molecule has 0 unspecified atom stereocenters. The number of amides is 1. The lowest BCUT2D eigenvalue weighted by Crippen LogP contribution is -2.26. The van der Waals surface area contributed by atoms with Gasteiger partial charge in [-0.25, -0.2) is 4.98 Å². The van der Waals surface area contributed by atoms with E-state index in [0.717, 1.165) is 45.3 Å². The van der Waals surface area contributed by atoms with Gasteiger partial charge in [-0.3, -0.25) is 4.79 Å². The first kappa shape index (κ1) is 16.2. The minimum absolute atomic E-state index is 0.0523. The Bertz CT molecular complexity index is 887. The lowest BCUT2D eigenvalue weighted by molar-refractivity contribution is 0.0798. The van der Waals surface area contributed by atoms with E-state index < -0.39 is 0 Å². The third-order valence-electron chi connectivity index (χ3n) is 3.97. The van der Waals surface area contributed by atoms with Crippen LogP contribution in [-0.2, 0) is 0 Å². The molecule has 3 nitrogen and oxygen atoms in total. The molecule has 0 aliphatic carbocycles. The van der Waals surface area contributed by atoms with Gasteiger partial charge in [-0.05, 0) is 31.5 Å². The van der Waals surface area contributed by atoms with E-state index in [2.05, 4.69) is 24.9 Å². The normalized spacial score (nSPS) is 11.3. The molecule has 3 rings (SSSR count). The number of nitrogens with zero attached hydrogens (tertiary/aromatic N) is 2. The van der Waals surface area contributed by atoms with Crippen molar-refractivity contribution in [1.82, 2.24) is 9.88 Å². The molecule has 2 aromatic heterocycles. The molecular weight excluding hydrogens is 328 g/mol. The number of fused-ring (bicyclic) bond motifs is 3. The van der Waals surface area contributed by atoms with Crippen LogP contribution in [0.4, 0.5) is 0 Å². The summed E-state index contributed by atoms with van der Waals surface area (Å²) < 4.78 is 1.04. The predicted octanol–water partition coefficient (Wildman–Crippen LogP) is 5.28. The number of hydrogen-bond acceptors (Lipinski definition) is 3. The SMILES string of the molecule is CCCCN(C)C(=O)c1cc2c(Cl)nc3ccc(C)cc3c2s1. The maximum Gasteiger partial charge on any atom is 0.263 e. The molecule has 0 spiro atoms. The molecule has 2 heterocycles. The second kappa shape index (κ2) is 6.46. The van der Waals surface area contributed by atoms with Crippen molar-refractivity contribution >= 4 is 49.8 Å². The zero-order chi connectivity index (χ0) is 16.6. The summed E-state index contributed by atoms with van der Waals surface area (Å²) >= 11 is 7.83. The van der Waals surface area contributed by atoms with E-state index in [4.69, 9.17) is 11.6 Å². The molecule has 120 valence electrons. The zero-order valence-corrected chi connectivity index (χ0v) is 15.1. The minimum Gasteiger partial charge on any atom is -0.341 e. The van der Waals surface area contributed by atoms with Crippen LogP contribution >= 0.6 is 22.9 Å². The van der Waals surface area contributed by atoms with Gasteiger partial charge in [-0.2, -0.15) is 0 Å². The van der Waals surface area contributed by atoms with E-state index in [9.17, 15) is 4.79 Å². The Labute approximate surface area is 144 Å². The van der Waals surface area contributed by atoms with Crippen molar-refractivity contribution in [2.75, 3.05) is 13.6 Å². The van der Waals surface area contributed by atoms with Crippen LogP contribution in [0.1, 0.15) is 35.0 Å². The molecule has 0 saturated carbocycles. The van der Waals surface area contributed by atoms with Gasteiger partial charge in [0.15, 0.2) is 0 Å². The lowest BCUT2D eigenvalue weighted by Gasteiger charge is -2.15. The molecule has 0 saturated heterocycles. The van der Waals surface area contributed by atoms with Crippen LogP contribution in [0.5, 0.6) is 0 Å². The molecule has 0 aliphatic heterocycles. The molecule has 5 heteroatoms. The molecule has 0 atom stereocenters. The van der Waals surface area contributed by atoms with Crippen LogP contribution in [-0.4, -0.2) is 29.4 Å². The number of pyridine rings is 1. The average Bonchev–Trinajstić information content (AvgIpc) is 2.99. The highest BCUT2D eigenvalue weighted by molar-refractivity contribution is 7.21. The summed E-state index contributed by atoms with van der Waals surface area (Å²) in [5.41, 5.74) is 2.04. The average molecular weight is 347 g/mol. The second-order valence-electron chi connectivity index (χ2n) is 5.86. The Morgan fingerprint density at radius 2 is 2.09 bits per heavy atom. The molecule has 3 aromatic rings. The first-order valence-electron chi connectivity index (χ1n) is 7.76. The van der Waals surface area contributed by atoms with Gasteiger partial charge in [-0.15, -0.1) is 11.3 Å². The molecule has 0 fully saturated rings. The number of thiophene rings is 1. The van der Waals surface area contributed by atoms with E-state index in [1.807, 2.05) is 25.2 Å². The minimum atomic E-state index is 0.0523. The van der Waals surface area contributed by atoms with E-state index >= 15 is 0 Å². The van der Waals surface area contributed by atoms with Crippen LogP contribution in [0.3, 0.4) is 0 Å². The maximum absolute atomic E-state index is 12.6. The van der Waals surface area contributed by atoms with Crippen molar-refractivity contribution in [2.45, 2.75) is 26.7 Å². The Morgan fingerprint density at radius 3 is 2.83 bits per heavy atom. The first-order valence-corrected chi connectivity index (χ1v) is 8.95. The summed E-state index contributed by atoms with van der Waals surface area (Å²) in [5.74, 6) is 0.0523. The van der Waals surface area contributed by atoms with Crippen molar-refractivity contribution in [3.8, 4) is 0 Å². The summed E-state index contributed by atoms with van der Waals surface area (Å²) in [6, 6.07) is 7.98. The third kappa shape index (κ3) is 3.06. The first-order chi connectivity index (χ1) is 11.0. The Hall–Kier alpha value is -1.65. The number of aryl methyl sites for hydroxylation is 1. The Kier molecular flexibility index (Phi) is 4.55. The summed E-state index contributed by atoms with van der Waals surface area (Å²) in [4.78, 5) is 19.6. The zero-order valence-electron chi connectivity index (χ0n) is 13.5. The molecule has 0 N–H and O–H groups in total. The van der Waals surface area contributed by atoms with Crippen LogP contribution in [0, 0.1) is 6.92 Å². The van der Waals surface area contributed by atoms with E-state index in [1.54, 1.807) is 4.90 Å². The maximum atomic E-state index is 12.6. The topological polar surface area (TPSA) is 33.2 Å². The van der Waals surface area contributed by atoms with E-state index in [0.29, 0.717) is 5.15 Å². The Balaban J connectivity index is 2.11. The highest BCUT2D eigenvalue weighted by Crippen LogP contribution is 2.36. The monoisotopic (exact) mass is 346 g/mol. The second-order valence-corrected chi connectivity index (χ2v) is 7.27. The molecule has 0 radical (unpaired) electrons. The van der Waals surface area contributed by atoms with Crippen LogP contribution in [0.15, 0.2) is 24.3 Å². The quantitative estimate of drug-likeness (QED) is 0.602. The highest BCUT2D eigenvalue weighted by atomic mass is 35.5. The van der Waals surface area contributed by atoms with E-state index in [-0.39, 0.29) is 5.91 Å². The number of carbonyl (C=O) groups is 1. The van der Waals surface area contributed by atoms with Gasteiger partial charge in [0, 0.05) is 29.1 Å². The fraction of sp³-hybridized carbons (Fsp3) is 0.333. The number of halogens is 1. The van der Waals surface area contributed by atoms with Crippen molar-refractivity contribution in [2.24, 2.45) is 0 Å². The van der Waals surface area contributed by atoms with Crippen molar-refractivity contribution < 1.29 is 4.79 Å². The van der Waals surface area contributed by atoms with Crippen LogP contribution in [0.2, 0.25) is 5.15 Å². The van der Waals surface area contributed by atoms with Gasteiger partial charge in [0.25, 0.3) is 5.91 Å². The van der Waals surface area contributed by atoms with Crippen molar-refractivity contribution in [3.05, 3.63) is 39.9 Å². The fourth-order valence-electron chi connectivity index (χ4n) is 2.63. The molecule has 0 bridgehead atoms. The largest absolute Gasteiger partial charge is 0.341 e. The van der Waals surface area contributed by atoms with Gasteiger partial charge in [0.1, 0.15) is 5.15 Å². The molecule has 23 heavy (non-hydrogen) atoms. The number of hydrogen-bond donors (Lipinski definition) is 0. The summed E-state index contributed by atoms with van der Waals surface area (Å²) in [6.07, 6.45) is 2.08. The van der Waals surface area contributed by atoms with Crippen LogP contribution in [0.25, 0.3) is 21.0 Å². The van der Waals surface area contributed by atoms with Gasteiger partial charge in [-0.1, -0.05) is 36.6 Å². The standard InChI is InChI=1S/C18H19ClN2OS/c1-4-5-8-21(3)18(22)15-10-13-16(23-15)12-9-11(2)6-7-14(12)20-17(13)19/h6-7,9-10H,4-5,8H2,1-3H3. The summed E-state index contributed by atoms with van der Waals surface area (Å²) in [7, 11) is 1.85. The lowest BCUT2D eigenvalue weighted by atomic mass is 10.1. The molecular formula is C18H19ClN2OS. The number of carbonyl (C=O) groups excluding carboxylic acids is 1. The van der Waals surface area contributed by atoms with Gasteiger partial charge in [0.2, 0.25) is 0 Å². The van der Waals surface area contributed by atoms with Gasteiger partial charge in [0.05, 0.1) is 10.4 Å². The molecule has 1 aromatic carbocycles. The number of aromatic nitrogens is 1. The Morgan fingerprint density at radius 1 is 1.30 bits per heavy atom. The number of benzene rings is 1. The molecule has 0 aliphatic rings. The van der Waals surface area contributed by atoms with Crippen LogP contribution < -0.4 is 0 Å². The number of rotatable bonds is 4. The summed E-state index contributed by atoms with van der Waals surface area (Å²) in [6.45, 7) is 4.95. The fourth-order valence-corrected chi connectivity index (χ4v) is 4.10. The van der Waals surface area contributed by atoms with Gasteiger partial charge >= 0.3 is 0 Å². The smallest absolute Gasteiger partial charge is 0.263 e. The highest BCUT2D eigenvalue weighted by Gasteiger charge is 2.18. The summed E-state index contributed by atoms with van der Waals surface area (Å²) in [5, 5.41) is 2.38.